The van der Waals surface area contributed by atoms with Crippen molar-refractivity contribution in [3.63, 3.8) is 0 Å². The number of nitrogens with two attached hydrogens (primary N) is 2. The van der Waals surface area contributed by atoms with Crippen molar-refractivity contribution in [2.45, 2.75) is 19.6 Å². The third-order valence-corrected chi connectivity index (χ3v) is 2.77. The second-order valence-corrected chi connectivity index (χ2v) is 4.94. The van der Waals surface area contributed by atoms with Gasteiger partial charge < -0.3 is 20.3 Å². The number of nitrogens with one attached hydrogen (secondary N) is 2. The van der Waals surface area contributed by atoms with Crippen molar-refractivity contribution < 1.29 is 9.47 Å². The van der Waals surface area contributed by atoms with Crippen molar-refractivity contribution in [3.8, 4) is 11.5 Å². The first-order valence-electron chi connectivity index (χ1n) is 6.54. The molecule has 2 aromatic rings. The maximum Gasteiger partial charge on any atom is 0.245 e. The third-order valence-electron chi connectivity index (χ3n) is 2.77. The van der Waals surface area contributed by atoms with Crippen LogP contribution in [-0.4, -0.2) is 5.79 Å². The fourth-order valence-electron chi connectivity index (χ4n) is 1.83. The van der Waals surface area contributed by atoms with Gasteiger partial charge in [-0.25, -0.2) is 0 Å². The molecule has 0 spiro atoms. The van der Waals surface area contributed by atoms with Crippen molar-refractivity contribution in [2.24, 2.45) is 11.7 Å². The first kappa shape index (κ1) is 15.0. The minimum Gasteiger partial charge on any atom is -0.453 e. The molecule has 6 nitrogen and oxygen atoms in total. The minimum absolute atomic E-state index is 0.694. The molecule has 21 heavy (non-hydrogen) atoms. The molecule has 0 amide bonds. The van der Waals surface area contributed by atoms with Crippen molar-refractivity contribution in [2.75, 3.05) is 10.9 Å². The van der Waals surface area contributed by atoms with Crippen LogP contribution in [0.4, 0.5) is 11.4 Å². The van der Waals surface area contributed by atoms with E-state index < -0.39 is 5.79 Å². The van der Waals surface area contributed by atoms with E-state index in [-0.39, 0.29) is 0 Å². The van der Waals surface area contributed by atoms with Gasteiger partial charge in [0.2, 0.25) is 5.79 Å². The predicted octanol–water partition coefficient (Wildman–Crippen LogP) is 2.45. The van der Waals surface area contributed by atoms with Crippen molar-refractivity contribution in [1.82, 2.24) is 0 Å². The summed E-state index contributed by atoms with van der Waals surface area (Å²) in [6.07, 6.45) is 0. The molecule has 0 unspecified atom stereocenters. The van der Waals surface area contributed by atoms with E-state index in [0.717, 1.165) is 11.4 Å². The topological polar surface area (TPSA) is 94.6 Å². The van der Waals surface area contributed by atoms with Crippen LogP contribution in [0.1, 0.15) is 13.8 Å². The Morgan fingerprint density at radius 1 is 0.714 bits per heavy atom. The highest BCUT2D eigenvalue weighted by molar-refractivity contribution is 5.46. The van der Waals surface area contributed by atoms with Gasteiger partial charge in [0.15, 0.2) is 0 Å². The smallest absolute Gasteiger partial charge is 0.245 e. The molecule has 0 heterocycles. The van der Waals surface area contributed by atoms with Gasteiger partial charge in [-0.05, 0) is 48.5 Å². The summed E-state index contributed by atoms with van der Waals surface area (Å²) in [6.45, 7) is 3.69. The Hall–Kier alpha value is -2.44. The molecule has 0 fully saturated rings. The number of anilines is 2. The van der Waals surface area contributed by atoms with Crippen LogP contribution in [0, 0.1) is 0 Å². The minimum atomic E-state index is -0.810. The van der Waals surface area contributed by atoms with Gasteiger partial charge in [0.05, 0.1) is 0 Å². The van der Waals surface area contributed by atoms with Crippen LogP contribution in [-0.2, 0) is 0 Å². The molecule has 6 N–H and O–H groups in total. The quantitative estimate of drug-likeness (QED) is 0.370. The molecule has 0 atom stereocenters. The summed E-state index contributed by atoms with van der Waals surface area (Å²) in [5, 5.41) is 0. The van der Waals surface area contributed by atoms with Crippen LogP contribution in [0.2, 0.25) is 0 Å². The van der Waals surface area contributed by atoms with E-state index in [1.807, 2.05) is 62.4 Å². The Bertz CT molecular complexity index is 516. The van der Waals surface area contributed by atoms with Crippen LogP contribution in [0.15, 0.2) is 48.5 Å². The van der Waals surface area contributed by atoms with Crippen LogP contribution in [0.5, 0.6) is 11.5 Å². The first-order valence-corrected chi connectivity index (χ1v) is 6.54. The Morgan fingerprint density at radius 3 is 1.33 bits per heavy atom. The zero-order valence-corrected chi connectivity index (χ0v) is 12.1. The van der Waals surface area contributed by atoms with Gasteiger partial charge in [0.1, 0.15) is 11.5 Å². The second-order valence-electron chi connectivity index (χ2n) is 4.94. The lowest BCUT2D eigenvalue weighted by Crippen LogP contribution is -2.35. The van der Waals surface area contributed by atoms with E-state index in [1.54, 1.807) is 0 Å². The molecule has 0 aliphatic rings. The van der Waals surface area contributed by atoms with Gasteiger partial charge >= 0.3 is 0 Å². The molecule has 6 heteroatoms. The van der Waals surface area contributed by atoms with Crippen LogP contribution >= 0.6 is 0 Å². The van der Waals surface area contributed by atoms with Gasteiger partial charge in [-0.3, -0.25) is 11.7 Å². The summed E-state index contributed by atoms with van der Waals surface area (Å²) in [4.78, 5) is 0. The number of hydrogen-bond donors (Lipinski definition) is 4. The van der Waals surface area contributed by atoms with Gasteiger partial charge in [0.25, 0.3) is 0 Å². The monoisotopic (exact) mass is 288 g/mol. The molecular weight excluding hydrogens is 268 g/mol. The molecule has 2 aromatic carbocycles. The Kier molecular flexibility index (Phi) is 4.52. The fraction of sp³-hybridized carbons (Fsp3) is 0.200. The van der Waals surface area contributed by atoms with Crippen LogP contribution in [0.25, 0.3) is 0 Å². The van der Waals surface area contributed by atoms with Gasteiger partial charge in [-0.2, -0.15) is 0 Å². The van der Waals surface area contributed by atoms with Gasteiger partial charge in [0, 0.05) is 25.2 Å². The van der Waals surface area contributed by atoms with E-state index >= 15 is 0 Å². The van der Waals surface area contributed by atoms with E-state index in [9.17, 15) is 0 Å². The normalized spacial score (nSPS) is 10.9. The van der Waals surface area contributed by atoms with Crippen molar-refractivity contribution in [3.05, 3.63) is 48.5 Å². The zero-order valence-electron chi connectivity index (χ0n) is 12.1. The van der Waals surface area contributed by atoms with Crippen LogP contribution in [0.3, 0.4) is 0 Å². The summed E-state index contributed by atoms with van der Waals surface area (Å²) in [6, 6.07) is 14.6. The number of ether oxygens (including phenoxy) is 2. The van der Waals surface area contributed by atoms with E-state index in [4.69, 9.17) is 21.2 Å². The highest BCUT2D eigenvalue weighted by Gasteiger charge is 2.21. The molecular formula is C15H20N4O2. The summed E-state index contributed by atoms with van der Waals surface area (Å²) in [5.41, 5.74) is 6.75. The number of hydrazine groups is 2. The predicted molar refractivity (Wildman–Crippen MR) is 83.8 cm³/mol. The lowest BCUT2D eigenvalue weighted by molar-refractivity contribution is -0.0809. The fourth-order valence-corrected chi connectivity index (χ4v) is 1.83. The zero-order chi connectivity index (χ0) is 15.3. The molecule has 0 aromatic heterocycles. The average molecular weight is 288 g/mol. The molecule has 112 valence electrons. The van der Waals surface area contributed by atoms with E-state index in [1.165, 1.54) is 0 Å². The Balaban J connectivity index is 2.02. The van der Waals surface area contributed by atoms with E-state index in [0.29, 0.717) is 11.5 Å². The standard InChI is InChI=1S/C15H20N4O2/c1-15(2,20-13-7-3-11(18-16)4-8-13)21-14-9-5-12(19-17)6-10-14/h3-10,18-19H,16-17H2,1-2H3. The van der Waals surface area contributed by atoms with Crippen molar-refractivity contribution in [1.29, 1.82) is 0 Å². The third kappa shape index (κ3) is 4.27. The molecule has 0 saturated carbocycles. The maximum absolute atomic E-state index is 5.83. The largest absolute Gasteiger partial charge is 0.453 e. The van der Waals surface area contributed by atoms with Crippen molar-refractivity contribution >= 4 is 11.4 Å². The second kappa shape index (κ2) is 6.34. The van der Waals surface area contributed by atoms with Crippen LogP contribution < -0.4 is 32.0 Å². The molecule has 0 aliphatic heterocycles. The number of nitrogen functional groups attached to an aromatic ring is 2. The van der Waals surface area contributed by atoms with E-state index in [2.05, 4.69) is 10.9 Å². The summed E-state index contributed by atoms with van der Waals surface area (Å²) in [5.74, 6) is 11.2. The lowest BCUT2D eigenvalue weighted by Gasteiger charge is -2.27. The molecule has 2 rings (SSSR count). The summed E-state index contributed by atoms with van der Waals surface area (Å²) in [7, 11) is 0. The highest BCUT2D eigenvalue weighted by atomic mass is 16.7. The molecule has 0 saturated heterocycles. The number of benzene rings is 2. The first-order chi connectivity index (χ1) is 10.0. The lowest BCUT2D eigenvalue weighted by atomic mass is 10.3. The summed E-state index contributed by atoms with van der Waals surface area (Å²) >= 11 is 0. The maximum atomic E-state index is 5.83. The SMILES string of the molecule is CC(C)(Oc1ccc(NN)cc1)Oc1ccc(NN)cc1. The highest BCUT2D eigenvalue weighted by Crippen LogP contribution is 2.24. The summed E-state index contributed by atoms with van der Waals surface area (Å²) < 4.78 is 11.7. The Labute approximate surface area is 124 Å². The van der Waals surface area contributed by atoms with Gasteiger partial charge in [-0.1, -0.05) is 0 Å². The molecule has 0 bridgehead atoms. The molecule has 0 radical (unpaired) electrons. The number of rotatable bonds is 6. The molecule has 0 aliphatic carbocycles. The average Bonchev–Trinajstić information content (AvgIpc) is 2.48. The number of hydrogen-bond acceptors (Lipinski definition) is 6. The van der Waals surface area contributed by atoms with Gasteiger partial charge in [-0.15, -0.1) is 0 Å². The Morgan fingerprint density at radius 2 is 1.05 bits per heavy atom.